The molecule has 0 N–H and O–H groups in total. The van der Waals surface area contributed by atoms with E-state index in [1.807, 2.05) is 0 Å². The minimum absolute atomic E-state index is 0.0549. The van der Waals surface area contributed by atoms with Gasteiger partial charge in [-0.05, 0) is 86.7 Å². The Bertz CT molecular complexity index is 681. The molecule has 0 aliphatic heterocycles. The molecule has 0 unspecified atom stereocenters. The van der Waals surface area contributed by atoms with E-state index in [0.717, 1.165) is 23.5 Å². The van der Waals surface area contributed by atoms with Gasteiger partial charge in [0.15, 0.2) is 0 Å². The fourth-order valence-corrected chi connectivity index (χ4v) is 7.63. The lowest BCUT2D eigenvalue weighted by molar-refractivity contribution is -0.00617. The second kappa shape index (κ2) is 5.86. The molecule has 0 aromatic heterocycles. The third kappa shape index (κ3) is 2.67. The van der Waals surface area contributed by atoms with E-state index in [0.29, 0.717) is 5.41 Å². The number of hydrogen-bond acceptors (Lipinski definition) is 1. The van der Waals surface area contributed by atoms with Crippen LogP contribution in [0.25, 0.3) is 0 Å². The number of halogens is 1. The summed E-state index contributed by atoms with van der Waals surface area (Å²) in [6.07, 6.45) is 8.51. The highest BCUT2D eigenvalue weighted by Gasteiger charge is 2.53. The van der Waals surface area contributed by atoms with Crippen molar-refractivity contribution >= 4 is 26.4 Å². The molecule has 1 aromatic rings. The van der Waals surface area contributed by atoms with Gasteiger partial charge in [0.1, 0.15) is 5.75 Å². The first kappa shape index (κ1) is 18.1. The van der Waals surface area contributed by atoms with Crippen LogP contribution in [-0.4, -0.2) is 10.5 Å². The van der Waals surface area contributed by atoms with Crippen LogP contribution in [0.4, 0.5) is 0 Å². The summed E-state index contributed by atoms with van der Waals surface area (Å²) in [6, 6.07) is 0. The maximum Gasteiger partial charge on any atom is 0.341 e. The van der Waals surface area contributed by atoms with Crippen molar-refractivity contribution in [2.45, 2.75) is 84.0 Å². The minimum Gasteiger partial charge on any atom is -0.540 e. The molecule has 1 aromatic carbocycles. The summed E-state index contributed by atoms with van der Waals surface area (Å²) < 4.78 is 7.28. The van der Waals surface area contributed by atoms with Crippen molar-refractivity contribution < 1.29 is 4.43 Å². The van der Waals surface area contributed by atoms with E-state index in [9.17, 15) is 0 Å². The topological polar surface area (TPSA) is 9.23 Å². The summed E-state index contributed by atoms with van der Waals surface area (Å²) in [5.74, 6) is 3.92. The molecule has 135 valence electrons. The lowest BCUT2D eigenvalue weighted by Gasteiger charge is -2.58. The molecule has 0 heterocycles. The van der Waals surface area contributed by atoms with Crippen LogP contribution >= 0.6 is 15.9 Å². The Labute approximate surface area is 165 Å². The van der Waals surface area contributed by atoms with E-state index in [2.05, 4.69) is 61.0 Å². The SMILES string of the molecule is Cc1c(Br)c(C)c(C23CC4CC(CC(C4)C2)C3)c(O[Si])c1C(C)(C)C. The molecular weight excluding hydrogens is 388 g/mol. The van der Waals surface area contributed by atoms with Crippen LogP contribution in [0.2, 0.25) is 0 Å². The summed E-state index contributed by atoms with van der Waals surface area (Å²) in [5, 5.41) is 0. The second-order valence-electron chi connectivity index (χ2n) is 10.2. The van der Waals surface area contributed by atoms with Crippen LogP contribution in [0.15, 0.2) is 4.47 Å². The fourth-order valence-electron chi connectivity index (χ4n) is 7.03. The Morgan fingerprint density at radius 1 is 0.960 bits per heavy atom. The van der Waals surface area contributed by atoms with Crippen molar-refractivity contribution in [3.05, 3.63) is 26.7 Å². The van der Waals surface area contributed by atoms with E-state index < -0.39 is 0 Å². The van der Waals surface area contributed by atoms with Gasteiger partial charge in [-0.15, -0.1) is 0 Å². The molecule has 3 radical (unpaired) electrons. The Morgan fingerprint density at radius 2 is 1.44 bits per heavy atom. The van der Waals surface area contributed by atoms with Crippen LogP contribution in [0, 0.1) is 31.6 Å². The zero-order valence-electron chi connectivity index (χ0n) is 16.3. The fraction of sp³-hybridized carbons (Fsp3) is 0.727. The number of rotatable bonds is 2. The average molecular weight is 418 g/mol. The molecule has 4 bridgehead atoms. The van der Waals surface area contributed by atoms with Gasteiger partial charge in [0, 0.05) is 21.0 Å². The predicted octanol–water partition coefficient (Wildman–Crippen LogP) is 6.29. The Balaban J connectivity index is 1.97. The zero-order chi connectivity index (χ0) is 18.1. The van der Waals surface area contributed by atoms with E-state index >= 15 is 0 Å². The normalized spacial score (nSPS) is 33.8. The molecule has 4 aliphatic carbocycles. The van der Waals surface area contributed by atoms with Gasteiger partial charge in [0.2, 0.25) is 0 Å². The van der Waals surface area contributed by atoms with E-state index in [1.54, 1.807) is 0 Å². The van der Waals surface area contributed by atoms with Crippen LogP contribution < -0.4 is 4.43 Å². The van der Waals surface area contributed by atoms with Crippen molar-refractivity contribution in [2.75, 3.05) is 0 Å². The van der Waals surface area contributed by atoms with Crippen molar-refractivity contribution in [3.63, 3.8) is 0 Å². The van der Waals surface area contributed by atoms with E-state index in [4.69, 9.17) is 4.43 Å². The smallest absolute Gasteiger partial charge is 0.341 e. The first-order valence-corrected chi connectivity index (χ1v) is 11.0. The summed E-state index contributed by atoms with van der Waals surface area (Å²) in [5.41, 5.74) is 5.97. The maximum atomic E-state index is 5.99. The van der Waals surface area contributed by atoms with Crippen LogP contribution in [0.3, 0.4) is 0 Å². The van der Waals surface area contributed by atoms with Crippen molar-refractivity contribution in [1.82, 2.24) is 0 Å². The summed E-state index contributed by atoms with van der Waals surface area (Å²) >= 11 is 3.94. The first-order valence-electron chi connectivity index (χ1n) is 9.83. The predicted molar refractivity (Wildman–Crippen MR) is 109 cm³/mol. The molecule has 4 fully saturated rings. The monoisotopic (exact) mass is 417 g/mol. The van der Waals surface area contributed by atoms with Crippen LogP contribution in [-0.2, 0) is 10.8 Å². The summed E-state index contributed by atoms with van der Waals surface area (Å²) in [6.45, 7) is 11.4. The Morgan fingerprint density at radius 3 is 1.84 bits per heavy atom. The quantitative estimate of drug-likeness (QED) is 0.513. The standard InChI is InChI=1S/C22H30BrOSi/c1-12-17(21(3,4)5)20(24-25)18(13(2)19(12)23)22-9-14-6-15(10-22)8-16(7-14)11-22/h14-16H,6-11H2,1-5H3. The molecule has 4 aliphatic rings. The molecule has 0 amide bonds. The van der Waals surface area contributed by atoms with Gasteiger partial charge in [-0.3, -0.25) is 0 Å². The third-order valence-corrected chi connectivity index (χ3v) is 8.68. The van der Waals surface area contributed by atoms with E-state index in [-0.39, 0.29) is 5.41 Å². The van der Waals surface area contributed by atoms with Crippen molar-refractivity contribution in [2.24, 2.45) is 17.8 Å². The van der Waals surface area contributed by atoms with E-state index in [1.165, 1.54) is 65.3 Å². The van der Waals surface area contributed by atoms with Gasteiger partial charge in [0.05, 0.1) is 0 Å². The molecule has 4 saturated carbocycles. The van der Waals surface area contributed by atoms with Crippen LogP contribution in [0.5, 0.6) is 5.75 Å². The molecule has 0 saturated heterocycles. The Kier molecular flexibility index (Phi) is 4.24. The molecule has 25 heavy (non-hydrogen) atoms. The van der Waals surface area contributed by atoms with Crippen molar-refractivity contribution in [1.29, 1.82) is 0 Å². The van der Waals surface area contributed by atoms with Gasteiger partial charge in [-0.25, -0.2) is 0 Å². The first-order chi connectivity index (χ1) is 11.7. The van der Waals surface area contributed by atoms with Gasteiger partial charge in [-0.1, -0.05) is 36.7 Å². The molecule has 0 spiro atoms. The lowest BCUT2D eigenvalue weighted by Crippen LogP contribution is -2.49. The highest BCUT2D eigenvalue weighted by molar-refractivity contribution is 9.10. The molecule has 5 rings (SSSR count). The third-order valence-electron chi connectivity index (χ3n) is 7.28. The number of hydrogen-bond donors (Lipinski definition) is 0. The maximum absolute atomic E-state index is 5.99. The Hall–Kier alpha value is -0.283. The number of benzene rings is 1. The molecule has 1 nitrogen and oxygen atoms in total. The highest BCUT2D eigenvalue weighted by Crippen LogP contribution is 2.63. The average Bonchev–Trinajstić information content (AvgIpc) is 2.49. The highest BCUT2D eigenvalue weighted by atomic mass is 79.9. The van der Waals surface area contributed by atoms with Crippen molar-refractivity contribution in [3.8, 4) is 5.75 Å². The summed E-state index contributed by atoms with van der Waals surface area (Å²) in [4.78, 5) is 0. The van der Waals surface area contributed by atoms with Gasteiger partial charge < -0.3 is 4.43 Å². The summed E-state index contributed by atoms with van der Waals surface area (Å²) in [7, 11) is 3.46. The van der Waals surface area contributed by atoms with Gasteiger partial charge >= 0.3 is 10.5 Å². The van der Waals surface area contributed by atoms with Gasteiger partial charge in [0.25, 0.3) is 0 Å². The molecular formula is C22H30BrOSi. The minimum atomic E-state index is 0.0549. The zero-order valence-corrected chi connectivity index (χ0v) is 18.8. The second-order valence-corrected chi connectivity index (χ2v) is 11.2. The van der Waals surface area contributed by atoms with Crippen LogP contribution in [0.1, 0.15) is 81.5 Å². The molecule has 0 atom stereocenters. The largest absolute Gasteiger partial charge is 0.540 e. The van der Waals surface area contributed by atoms with Gasteiger partial charge in [-0.2, -0.15) is 0 Å². The molecule has 3 heteroatoms. The lowest BCUT2D eigenvalue weighted by atomic mass is 9.47.